The minimum Gasteiger partial charge on any atom is -0.497 e. The Bertz CT molecular complexity index is 426. The molecule has 1 aliphatic rings. The van der Waals surface area contributed by atoms with Crippen LogP contribution < -0.4 is 15.0 Å². The number of carbonyl (C=O) groups is 1. The van der Waals surface area contributed by atoms with Crippen molar-refractivity contribution in [2.75, 3.05) is 14.2 Å². The maximum Gasteiger partial charge on any atom is 0.277 e. The van der Waals surface area contributed by atoms with Gasteiger partial charge in [-0.15, -0.1) is 0 Å². The molecule has 1 aromatic carbocycles. The highest BCUT2D eigenvalue weighted by Crippen LogP contribution is 2.17. The van der Waals surface area contributed by atoms with Crippen LogP contribution in [0.1, 0.15) is 25.3 Å². The number of nitrogens with one attached hydrogen (secondary N) is 2. The molecule has 1 saturated carbocycles. The van der Waals surface area contributed by atoms with Crippen LogP contribution in [0.2, 0.25) is 0 Å². The van der Waals surface area contributed by atoms with Crippen LogP contribution in [0.3, 0.4) is 0 Å². The Hall–Kier alpha value is -1.55. The van der Waals surface area contributed by atoms with Crippen LogP contribution in [-0.4, -0.2) is 32.1 Å². The van der Waals surface area contributed by atoms with Crippen LogP contribution in [0, 0.1) is 0 Å². The largest absolute Gasteiger partial charge is 0.497 e. The average Bonchev–Trinajstić information content (AvgIpc) is 3.28. The Morgan fingerprint density at radius 1 is 1.42 bits per heavy atom. The molecule has 2 atom stereocenters. The molecule has 2 rings (SSSR count). The molecule has 1 fully saturated rings. The second kappa shape index (κ2) is 6.06. The summed E-state index contributed by atoms with van der Waals surface area (Å²) in [6, 6.07) is 8.75. The quantitative estimate of drug-likeness (QED) is 0.779. The Morgan fingerprint density at radius 2 is 2.05 bits per heavy atom. The van der Waals surface area contributed by atoms with E-state index >= 15 is 0 Å². The maximum absolute atomic E-state index is 11.8. The zero-order valence-electron chi connectivity index (χ0n) is 11.9. The molecule has 2 N–H and O–H groups in total. The fourth-order valence-corrected chi connectivity index (χ4v) is 2.47. The van der Waals surface area contributed by atoms with Gasteiger partial charge in [-0.2, -0.15) is 0 Å². The molecule has 0 heterocycles. The monoisotopic (exact) mass is 263 g/mol. The highest BCUT2D eigenvalue weighted by molar-refractivity contribution is 5.79. The third-order valence-electron chi connectivity index (χ3n) is 3.86. The lowest BCUT2D eigenvalue weighted by atomic mass is 10.1. The molecule has 1 aliphatic carbocycles. The summed E-state index contributed by atoms with van der Waals surface area (Å²) in [5.74, 6) is 0.992. The van der Waals surface area contributed by atoms with Crippen molar-refractivity contribution in [2.24, 2.45) is 0 Å². The van der Waals surface area contributed by atoms with Gasteiger partial charge in [0.15, 0.2) is 6.04 Å². The first-order valence-electron chi connectivity index (χ1n) is 6.85. The third-order valence-corrected chi connectivity index (χ3v) is 3.86. The molecule has 1 unspecified atom stereocenters. The van der Waals surface area contributed by atoms with Gasteiger partial charge in [0.1, 0.15) is 12.3 Å². The van der Waals surface area contributed by atoms with E-state index in [1.807, 2.05) is 19.1 Å². The van der Waals surface area contributed by atoms with Gasteiger partial charge >= 0.3 is 0 Å². The van der Waals surface area contributed by atoms with Gasteiger partial charge in [0, 0.05) is 25.5 Å². The van der Waals surface area contributed by atoms with Crippen molar-refractivity contribution in [3.63, 3.8) is 0 Å². The summed E-state index contributed by atoms with van der Waals surface area (Å²) >= 11 is 0. The lowest BCUT2D eigenvalue weighted by Crippen LogP contribution is -3.16. The second-order valence-electron chi connectivity index (χ2n) is 5.21. The van der Waals surface area contributed by atoms with Crippen molar-refractivity contribution in [2.45, 2.75) is 38.4 Å². The molecule has 0 spiro atoms. The number of quaternary nitrogens is 1. The zero-order valence-corrected chi connectivity index (χ0v) is 11.9. The van der Waals surface area contributed by atoms with E-state index in [-0.39, 0.29) is 11.9 Å². The zero-order chi connectivity index (χ0) is 13.8. The van der Waals surface area contributed by atoms with Crippen molar-refractivity contribution in [3.05, 3.63) is 29.8 Å². The van der Waals surface area contributed by atoms with E-state index < -0.39 is 0 Å². The smallest absolute Gasteiger partial charge is 0.277 e. The minimum atomic E-state index is -0.000369. The van der Waals surface area contributed by atoms with Gasteiger partial charge in [-0.05, 0) is 31.2 Å². The predicted molar refractivity (Wildman–Crippen MR) is 74.2 cm³/mol. The van der Waals surface area contributed by atoms with E-state index in [4.69, 9.17) is 4.74 Å². The van der Waals surface area contributed by atoms with Gasteiger partial charge in [-0.3, -0.25) is 4.79 Å². The molecular weight excluding hydrogens is 240 g/mol. The van der Waals surface area contributed by atoms with Crippen molar-refractivity contribution in [1.29, 1.82) is 0 Å². The summed E-state index contributed by atoms with van der Waals surface area (Å²) in [5.41, 5.74) is 1.25. The SMILES string of the molecule is CNC(=O)[C@@H](C)[NH+](Cc1ccc(OC)cc1)C1CC1. The molecule has 0 bridgehead atoms. The summed E-state index contributed by atoms with van der Waals surface area (Å²) in [4.78, 5) is 13.2. The van der Waals surface area contributed by atoms with Crippen LogP contribution >= 0.6 is 0 Å². The number of methoxy groups -OCH3 is 1. The van der Waals surface area contributed by atoms with E-state index in [0.29, 0.717) is 6.04 Å². The van der Waals surface area contributed by atoms with Gasteiger partial charge in [0.2, 0.25) is 0 Å². The maximum atomic E-state index is 11.8. The van der Waals surface area contributed by atoms with Crippen molar-refractivity contribution in [3.8, 4) is 5.75 Å². The number of benzene rings is 1. The van der Waals surface area contributed by atoms with Gasteiger partial charge in [0.25, 0.3) is 5.91 Å². The number of likely N-dealkylation sites (N-methyl/N-ethyl adjacent to an activating group) is 1. The van der Waals surface area contributed by atoms with Gasteiger partial charge in [-0.25, -0.2) is 0 Å². The van der Waals surface area contributed by atoms with Crippen LogP contribution in [0.5, 0.6) is 5.75 Å². The first-order chi connectivity index (χ1) is 9.15. The highest BCUT2D eigenvalue weighted by Gasteiger charge is 2.38. The van der Waals surface area contributed by atoms with Crippen molar-refractivity contribution < 1.29 is 14.4 Å². The first-order valence-corrected chi connectivity index (χ1v) is 6.85. The number of ether oxygens (including phenoxy) is 1. The van der Waals surface area contributed by atoms with Gasteiger partial charge in [0.05, 0.1) is 13.2 Å². The number of amides is 1. The van der Waals surface area contributed by atoms with E-state index in [1.165, 1.54) is 23.3 Å². The van der Waals surface area contributed by atoms with Crippen LogP contribution in [0.25, 0.3) is 0 Å². The van der Waals surface area contributed by atoms with Crippen molar-refractivity contribution >= 4 is 5.91 Å². The normalized spacial score (nSPS) is 17.6. The fourth-order valence-electron chi connectivity index (χ4n) is 2.47. The topological polar surface area (TPSA) is 42.8 Å². The van der Waals surface area contributed by atoms with Gasteiger partial charge < -0.3 is 15.0 Å². The number of carbonyl (C=O) groups excluding carboxylic acids is 1. The predicted octanol–water partition coefficient (Wildman–Crippen LogP) is 0.377. The number of rotatable bonds is 6. The molecular formula is C15H23N2O2+. The molecule has 1 aromatic rings. The third kappa shape index (κ3) is 3.47. The Labute approximate surface area is 114 Å². The van der Waals surface area contributed by atoms with Crippen LogP contribution in [0.4, 0.5) is 0 Å². The summed E-state index contributed by atoms with van der Waals surface area (Å²) < 4.78 is 5.17. The summed E-state index contributed by atoms with van der Waals surface area (Å²) in [6.45, 7) is 2.90. The van der Waals surface area contributed by atoms with E-state index in [0.717, 1.165) is 12.3 Å². The van der Waals surface area contributed by atoms with Crippen molar-refractivity contribution in [1.82, 2.24) is 5.32 Å². The molecule has 4 nitrogen and oxygen atoms in total. The summed E-state index contributed by atoms with van der Waals surface area (Å²) in [5, 5.41) is 2.75. The molecule has 0 saturated heterocycles. The number of hydrogen-bond acceptors (Lipinski definition) is 2. The number of hydrogen-bond donors (Lipinski definition) is 2. The van der Waals surface area contributed by atoms with E-state index in [1.54, 1.807) is 14.2 Å². The fraction of sp³-hybridized carbons (Fsp3) is 0.533. The van der Waals surface area contributed by atoms with Crippen LogP contribution in [0.15, 0.2) is 24.3 Å². The molecule has 4 heteroatoms. The Morgan fingerprint density at radius 3 is 2.53 bits per heavy atom. The molecule has 0 aromatic heterocycles. The van der Waals surface area contributed by atoms with Gasteiger partial charge in [-0.1, -0.05) is 0 Å². The molecule has 0 radical (unpaired) electrons. The molecule has 0 aliphatic heterocycles. The lowest BCUT2D eigenvalue weighted by Gasteiger charge is -2.25. The molecule has 19 heavy (non-hydrogen) atoms. The Balaban J connectivity index is 2.05. The standard InChI is InChI=1S/C15H22N2O2/c1-11(15(18)16-2)17(13-6-7-13)10-12-4-8-14(19-3)9-5-12/h4-5,8-9,11,13H,6-7,10H2,1-3H3,(H,16,18)/p+1/t11-/m1/s1. The highest BCUT2D eigenvalue weighted by atomic mass is 16.5. The van der Waals surface area contributed by atoms with Crippen LogP contribution in [-0.2, 0) is 11.3 Å². The minimum absolute atomic E-state index is 0.000369. The van der Waals surface area contributed by atoms with E-state index in [2.05, 4.69) is 17.4 Å². The lowest BCUT2D eigenvalue weighted by molar-refractivity contribution is -0.938. The molecule has 104 valence electrons. The second-order valence-corrected chi connectivity index (χ2v) is 5.21. The summed E-state index contributed by atoms with van der Waals surface area (Å²) in [7, 11) is 3.38. The first kappa shape index (κ1) is 13.9. The molecule has 1 amide bonds. The Kier molecular flexibility index (Phi) is 4.43. The van der Waals surface area contributed by atoms with E-state index in [9.17, 15) is 4.79 Å². The average molecular weight is 263 g/mol. The summed E-state index contributed by atoms with van der Waals surface area (Å²) in [6.07, 6.45) is 2.46.